The van der Waals surface area contributed by atoms with E-state index in [1.807, 2.05) is 0 Å². The van der Waals surface area contributed by atoms with E-state index in [0.717, 1.165) is 5.69 Å². The van der Waals surface area contributed by atoms with Crippen molar-refractivity contribution in [2.45, 2.75) is 6.92 Å². The molecule has 0 saturated heterocycles. The number of benzene rings is 1. The summed E-state index contributed by atoms with van der Waals surface area (Å²) >= 11 is 5.70. The molecule has 2 rings (SSSR count). The molecule has 0 saturated carbocycles. The first-order valence-corrected chi connectivity index (χ1v) is 6.62. The van der Waals surface area contributed by atoms with E-state index in [9.17, 15) is 14.9 Å². The largest absolute Gasteiger partial charge is 0.477 e. The number of ether oxygens (including phenoxy) is 1. The zero-order valence-electron chi connectivity index (χ0n) is 11.9. The number of nitro benzene ring substituents is 1. The summed E-state index contributed by atoms with van der Waals surface area (Å²) in [5.41, 5.74) is 0.462. The number of anilines is 1. The summed E-state index contributed by atoms with van der Waals surface area (Å²) < 4.78 is 6.70. The molecule has 0 atom stereocenters. The molecule has 0 bridgehead atoms. The normalized spacial score (nSPS) is 10.3. The summed E-state index contributed by atoms with van der Waals surface area (Å²) in [7, 11) is 1.69. The Morgan fingerprint density at radius 3 is 2.82 bits per heavy atom. The van der Waals surface area contributed by atoms with Gasteiger partial charge < -0.3 is 10.1 Å². The fourth-order valence-corrected chi connectivity index (χ4v) is 1.97. The van der Waals surface area contributed by atoms with Crippen LogP contribution in [0.2, 0.25) is 5.02 Å². The molecule has 0 aliphatic carbocycles. The van der Waals surface area contributed by atoms with Crippen LogP contribution >= 0.6 is 11.6 Å². The van der Waals surface area contributed by atoms with Crippen molar-refractivity contribution in [1.82, 2.24) is 9.78 Å². The lowest BCUT2D eigenvalue weighted by atomic mass is 10.3. The number of rotatable bonds is 5. The minimum atomic E-state index is -0.621. The average Bonchev–Trinajstić information content (AvgIpc) is 2.75. The van der Waals surface area contributed by atoms with Crippen LogP contribution < -0.4 is 10.1 Å². The molecule has 0 fully saturated rings. The third-order valence-corrected chi connectivity index (χ3v) is 2.98. The van der Waals surface area contributed by atoms with E-state index in [-0.39, 0.29) is 23.1 Å². The fraction of sp³-hybridized carbons (Fsp3) is 0.231. The topological polar surface area (TPSA) is 99.3 Å². The lowest BCUT2D eigenvalue weighted by molar-refractivity contribution is -0.385. The Kier molecular flexibility index (Phi) is 4.62. The van der Waals surface area contributed by atoms with E-state index in [1.165, 1.54) is 22.9 Å². The summed E-state index contributed by atoms with van der Waals surface area (Å²) in [5.74, 6) is 0.0368. The van der Waals surface area contributed by atoms with Gasteiger partial charge in [0.2, 0.25) is 0 Å². The molecule has 1 aromatic carbocycles. The van der Waals surface area contributed by atoms with E-state index < -0.39 is 10.8 Å². The van der Waals surface area contributed by atoms with Gasteiger partial charge in [-0.15, -0.1) is 0 Å². The number of nitro groups is 1. The van der Waals surface area contributed by atoms with Crippen molar-refractivity contribution in [3.05, 3.63) is 45.1 Å². The van der Waals surface area contributed by atoms with Crippen molar-refractivity contribution in [2.24, 2.45) is 7.05 Å². The van der Waals surface area contributed by atoms with E-state index in [4.69, 9.17) is 16.3 Å². The second kappa shape index (κ2) is 6.44. The third kappa shape index (κ3) is 3.73. The first-order chi connectivity index (χ1) is 10.4. The molecule has 1 amide bonds. The quantitative estimate of drug-likeness (QED) is 0.672. The molecule has 1 heterocycles. The lowest BCUT2D eigenvalue weighted by Crippen LogP contribution is -2.21. The van der Waals surface area contributed by atoms with E-state index in [2.05, 4.69) is 10.4 Å². The van der Waals surface area contributed by atoms with Crippen molar-refractivity contribution < 1.29 is 14.5 Å². The van der Waals surface area contributed by atoms with E-state index >= 15 is 0 Å². The number of carbonyl (C=O) groups is 1. The molecule has 0 radical (unpaired) electrons. The smallest absolute Gasteiger partial charge is 0.312 e. The number of amides is 1. The molecule has 0 unspecified atom stereocenters. The van der Waals surface area contributed by atoms with Crippen molar-refractivity contribution in [3.63, 3.8) is 0 Å². The molecule has 1 N–H and O–H groups in total. The number of hydrogen-bond acceptors (Lipinski definition) is 5. The first kappa shape index (κ1) is 15.8. The minimum Gasteiger partial charge on any atom is -0.477 e. The van der Waals surface area contributed by atoms with E-state index in [1.54, 1.807) is 20.0 Å². The maximum Gasteiger partial charge on any atom is 0.312 e. The molecular weight excluding hydrogens is 312 g/mol. The predicted molar refractivity (Wildman–Crippen MR) is 80.2 cm³/mol. The van der Waals surface area contributed by atoms with Crippen LogP contribution in [0.4, 0.5) is 11.5 Å². The highest BCUT2D eigenvalue weighted by atomic mass is 35.5. The molecule has 22 heavy (non-hydrogen) atoms. The van der Waals surface area contributed by atoms with Gasteiger partial charge in [-0.25, -0.2) is 0 Å². The second-order valence-electron chi connectivity index (χ2n) is 4.50. The highest BCUT2D eigenvalue weighted by Crippen LogP contribution is 2.29. The molecule has 2 aromatic rings. The van der Waals surface area contributed by atoms with Gasteiger partial charge >= 0.3 is 5.69 Å². The number of aromatic nitrogens is 2. The van der Waals surface area contributed by atoms with Crippen molar-refractivity contribution >= 4 is 29.0 Å². The zero-order valence-corrected chi connectivity index (χ0v) is 12.6. The highest BCUT2D eigenvalue weighted by molar-refractivity contribution is 6.30. The summed E-state index contributed by atoms with van der Waals surface area (Å²) in [4.78, 5) is 22.1. The van der Waals surface area contributed by atoms with Gasteiger partial charge in [-0.3, -0.25) is 19.6 Å². The number of nitrogens with zero attached hydrogens (tertiary/aromatic N) is 3. The molecule has 0 spiro atoms. The molecule has 1 aromatic heterocycles. The van der Waals surface area contributed by atoms with Crippen LogP contribution in [0.3, 0.4) is 0 Å². The highest BCUT2D eigenvalue weighted by Gasteiger charge is 2.17. The molecule has 9 heteroatoms. The van der Waals surface area contributed by atoms with Gasteiger partial charge in [-0.2, -0.15) is 5.10 Å². The van der Waals surface area contributed by atoms with Crippen LogP contribution in [0.5, 0.6) is 5.75 Å². The van der Waals surface area contributed by atoms with Gasteiger partial charge in [0, 0.05) is 24.2 Å². The molecular formula is C13H13ClN4O4. The predicted octanol–water partition coefficient (Wildman–Crippen LogP) is 2.31. The summed E-state index contributed by atoms with van der Waals surface area (Å²) in [6, 6.07) is 5.66. The molecule has 8 nitrogen and oxygen atoms in total. The molecule has 0 aliphatic rings. The number of halogens is 1. The second-order valence-corrected chi connectivity index (χ2v) is 4.94. The SMILES string of the molecule is Cc1cc(NC(=O)COc2ccc(Cl)cc2[N+](=O)[O-])n(C)n1. The van der Waals surface area contributed by atoms with Gasteiger partial charge in [-0.05, 0) is 19.1 Å². The number of carbonyl (C=O) groups excluding carboxylic acids is 1. The summed E-state index contributed by atoms with van der Waals surface area (Å²) in [5, 5.41) is 17.8. The Morgan fingerprint density at radius 1 is 1.50 bits per heavy atom. The van der Waals surface area contributed by atoms with Crippen molar-refractivity contribution in [1.29, 1.82) is 0 Å². The standard InChI is InChI=1S/C13H13ClN4O4/c1-8-5-12(17(2)16-8)15-13(19)7-22-11-4-3-9(14)6-10(11)18(20)21/h3-6H,7H2,1-2H3,(H,15,19). The Morgan fingerprint density at radius 2 is 2.23 bits per heavy atom. The van der Waals surface area contributed by atoms with Gasteiger partial charge in [0.25, 0.3) is 5.91 Å². The van der Waals surface area contributed by atoms with Crippen LogP contribution in [0, 0.1) is 17.0 Å². The molecule has 116 valence electrons. The monoisotopic (exact) mass is 324 g/mol. The van der Waals surface area contributed by atoms with Crippen LogP contribution in [-0.2, 0) is 11.8 Å². The van der Waals surface area contributed by atoms with Gasteiger partial charge in [0.15, 0.2) is 12.4 Å². The summed E-state index contributed by atoms with van der Waals surface area (Å²) in [6.07, 6.45) is 0. The maximum atomic E-state index is 11.8. The maximum absolute atomic E-state index is 11.8. The van der Waals surface area contributed by atoms with Crippen LogP contribution in [0.1, 0.15) is 5.69 Å². The summed E-state index contributed by atoms with van der Waals surface area (Å²) in [6.45, 7) is 1.43. The first-order valence-electron chi connectivity index (χ1n) is 6.24. The minimum absolute atomic E-state index is 0.0225. The van der Waals surface area contributed by atoms with Crippen molar-refractivity contribution in [3.8, 4) is 5.75 Å². The lowest BCUT2D eigenvalue weighted by Gasteiger charge is -2.08. The number of aryl methyl sites for hydroxylation is 2. The van der Waals surface area contributed by atoms with Gasteiger partial charge in [0.05, 0.1) is 10.6 Å². The average molecular weight is 325 g/mol. The Bertz CT molecular complexity index is 729. The Hall–Kier alpha value is -2.61. The van der Waals surface area contributed by atoms with Crippen LogP contribution in [-0.4, -0.2) is 27.2 Å². The van der Waals surface area contributed by atoms with Gasteiger partial charge in [0.1, 0.15) is 5.82 Å². The van der Waals surface area contributed by atoms with Crippen molar-refractivity contribution in [2.75, 3.05) is 11.9 Å². The third-order valence-electron chi connectivity index (χ3n) is 2.75. The molecule has 0 aliphatic heterocycles. The number of nitrogens with one attached hydrogen (secondary N) is 1. The zero-order chi connectivity index (χ0) is 16.3. The Balaban J connectivity index is 2.02. The van der Waals surface area contributed by atoms with E-state index in [0.29, 0.717) is 5.82 Å². The Labute approximate surface area is 130 Å². The van der Waals surface area contributed by atoms with Gasteiger partial charge in [-0.1, -0.05) is 11.6 Å². The number of hydrogen-bond donors (Lipinski definition) is 1. The fourth-order valence-electron chi connectivity index (χ4n) is 1.81. The van der Waals surface area contributed by atoms with Crippen LogP contribution in [0.15, 0.2) is 24.3 Å². The van der Waals surface area contributed by atoms with Crippen LogP contribution in [0.25, 0.3) is 0 Å².